The second kappa shape index (κ2) is 8.12. The Morgan fingerprint density at radius 1 is 1.14 bits per heavy atom. The Labute approximate surface area is 162 Å². The van der Waals surface area contributed by atoms with E-state index in [9.17, 15) is 4.79 Å². The molecule has 0 saturated heterocycles. The number of amides is 1. The molecular weight excluding hydrogens is 362 g/mol. The topological polar surface area (TPSA) is 75.3 Å². The number of rotatable bonds is 5. The summed E-state index contributed by atoms with van der Waals surface area (Å²) in [4.78, 5) is 12.2. The highest BCUT2D eigenvalue weighted by Gasteiger charge is 2.21. The van der Waals surface area contributed by atoms with Gasteiger partial charge >= 0.3 is 0 Å². The maximum atomic E-state index is 12.2. The molecule has 2 aliphatic rings. The smallest absolute Gasteiger partial charge is 0.244 e. The van der Waals surface area contributed by atoms with Crippen molar-refractivity contribution in [3.63, 3.8) is 0 Å². The zero-order valence-corrected chi connectivity index (χ0v) is 15.5. The number of ether oxygens (including phenoxy) is 5. The third-order valence-corrected chi connectivity index (χ3v) is 4.35. The Bertz CT molecular complexity index is 877. The molecule has 0 radical (unpaired) electrons. The highest BCUT2D eigenvalue weighted by Crippen LogP contribution is 2.40. The molecule has 28 heavy (non-hydrogen) atoms. The Morgan fingerprint density at radius 3 is 2.82 bits per heavy atom. The van der Waals surface area contributed by atoms with E-state index in [2.05, 4.69) is 5.32 Å². The fourth-order valence-electron chi connectivity index (χ4n) is 3.00. The summed E-state index contributed by atoms with van der Waals surface area (Å²) in [6, 6.07) is 11.1. The van der Waals surface area contributed by atoms with Crippen LogP contribution in [0.15, 0.2) is 42.5 Å². The maximum Gasteiger partial charge on any atom is 0.244 e. The third kappa shape index (κ3) is 3.98. The van der Waals surface area contributed by atoms with E-state index in [1.807, 2.05) is 30.3 Å². The Balaban J connectivity index is 1.35. The van der Waals surface area contributed by atoms with Crippen molar-refractivity contribution in [2.24, 2.45) is 0 Å². The predicted molar refractivity (Wildman–Crippen MR) is 102 cm³/mol. The third-order valence-electron chi connectivity index (χ3n) is 4.35. The van der Waals surface area contributed by atoms with Gasteiger partial charge in [0.2, 0.25) is 11.7 Å². The van der Waals surface area contributed by atoms with Crippen LogP contribution in [-0.4, -0.2) is 45.5 Å². The first kappa shape index (κ1) is 18.0. The van der Waals surface area contributed by atoms with Gasteiger partial charge in [-0.3, -0.25) is 4.79 Å². The largest absolute Gasteiger partial charge is 0.493 e. The van der Waals surface area contributed by atoms with Crippen molar-refractivity contribution in [3.05, 3.63) is 48.0 Å². The zero-order valence-electron chi connectivity index (χ0n) is 15.5. The van der Waals surface area contributed by atoms with Gasteiger partial charge < -0.3 is 29.0 Å². The van der Waals surface area contributed by atoms with Crippen molar-refractivity contribution >= 4 is 12.0 Å². The monoisotopic (exact) mass is 383 g/mol. The van der Waals surface area contributed by atoms with E-state index in [1.54, 1.807) is 19.3 Å². The molecule has 0 fully saturated rings. The van der Waals surface area contributed by atoms with Crippen LogP contribution in [0.25, 0.3) is 6.08 Å². The van der Waals surface area contributed by atoms with Gasteiger partial charge in [0.15, 0.2) is 23.0 Å². The number of hydrogen-bond acceptors (Lipinski definition) is 6. The van der Waals surface area contributed by atoms with Crippen LogP contribution in [0.3, 0.4) is 0 Å². The average Bonchev–Trinajstić information content (AvgIpc) is 2.75. The van der Waals surface area contributed by atoms with Crippen LogP contribution in [-0.2, 0) is 4.79 Å². The molecule has 0 aromatic heterocycles. The molecule has 2 aromatic rings. The average molecular weight is 383 g/mol. The molecule has 7 heteroatoms. The van der Waals surface area contributed by atoms with Gasteiger partial charge in [0.25, 0.3) is 0 Å². The van der Waals surface area contributed by atoms with Gasteiger partial charge in [0, 0.05) is 6.08 Å². The van der Waals surface area contributed by atoms with Crippen molar-refractivity contribution < 1.29 is 28.5 Å². The van der Waals surface area contributed by atoms with Crippen LogP contribution < -0.4 is 29.0 Å². The van der Waals surface area contributed by atoms with Crippen LogP contribution >= 0.6 is 0 Å². The molecule has 4 rings (SSSR count). The van der Waals surface area contributed by atoms with Crippen LogP contribution in [0.4, 0.5) is 0 Å². The Hall–Kier alpha value is -3.35. The van der Waals surface area contributed by atoms with E-state index >= 15 is 0 Å². The number of carbonyl (C=O) groups is 1. The van der Waals surface area contributed by atoms with Crippen LogP contribution in [0, 0.1) is 0 Å². The lowest BCUT2D eigenvalue weighted by atomic mass is 10.1. The zero-order chi connectivity index (χ0) is 19.3. The summed E-state index contributed by atoms with van der Waals surface area (Å²) >= 11 is 0. The van der Waals surface area contributed by atoms with Crippen LogP contribution in [0.2, 0.25) is 0 Å². The van der Waals surface area contributed by atoms with Crippen molar-refractivity contribution in [1.82, 2.24) is 5.32 Å². The molecule has 0 saturated carbocycles. The molecule has 1 N–H and O–H groups in total. The number of fused-ring (bicyclic) bond motifs is 2. The first-order valence-electron chi connectivity index (χ1n) is 9.05. The lowest BCUT2D eigenvalue weighted by Gasteiger charge is -2.26. The summed E-state index contributed by atoms with van der Waals surface area (Å²) in [7, 11) is 1.57. The lowest BCUT2D eigenvalue weighted by Crippen LogP contribution is -2.40. The molecule has 1 atom stereocenters. The minimum Gasteiger partial charge on any atom is -0.493 e. The van der Waals surface area contributed by atoms with Crippen molar-refractivity contribution in [1.29, 1.82) is 0 Å². The molecule has 1 amide bonds. The highest BCUT2D eigenvalue weighted by molar-refractivity contribution is 5.91. The molecule has 2 heterocycles. The van der Waals surface area contributed by atoms with E-state index in [-0.39, 0.29) is 12.0 Å². The molecule has 0 aliphatic carbocycles. The summed E-state index contributed by atoms with van der Waals surface area (Å²) in [5.41, 5.74) is 0.780. The molecule has 0 spiro atoms. The van der Waals surface area contributed by atoms with Gasteiger partial charge in [-0.2, -0.15) is 0 Å². The van der Waals surface area contributed by atoms with Gasteiger partial charge in [-0.15, -0.1) is 0 Å². The van der Waals surface area contributed by atoms with E-state index in [4.69, 9.17) is 23.7 Å². The van der Waals surface area contributed by atoms with Crippen LogP contribution in [0.1, 0.15) is 5.56 Å². The Morgan fingerprint density at radius 2 is 1.96 bits per heavy atom. The highest BCUT2D eigenvalue weighted by atomic mass is 16.6. The molecule has 2 aromatic carbocycles. The number of hydrogen-bond donors (Lipinski definition) is 1. The number of benzene rings is 2. The maximum absolute atomic E-state index is 12.2. The fraction of sp³-hybridized carbons (Fsp3) is 0.286. The molecule has 7 nitrogen and oxygen atoms in total. The summed E-state index contributed by atoms with van der Waals surface area (Å²) in [5, 5.41) is 2.83. The lowest BCUT2D eigenvalue weighted by molar-refractivity contribution is -0.116. The molecule has 0 unspecified atom stereocenters. The number of methoxy groups -OCH3 is 1. The minimum absolute atomic E-state index is 0.226. The normalized spacial score (nSPS) is 17.2. The predicted octanol–water partition coefficient (Wildman–Crippen LogP) is 2.44. The summed E-state index contributed by atoms with van der Waals surface area (Å²) in [6.45, 7) is 1.71. The van der Waals surface area contributed by atoms with Crippen molar-refractivity contribution in [3.8, 4) is 28.7 Å². The van der Waals surface area contributed by atoms with Crippen LogP contribution in [0.5, 0.6) is 28.7 Å². The first-order valence-corrected chi connectivity index (χ1v) is 9.05. The standard InChI is InChI=1S/C21H21NO6/c1-24-18-10-14(11-19-21(18)26-9-8-25-19)6-7-20(23)22-12-15-13-27-16-4-2-3-5-17(16)28-15/h2-7,10-11,15H,8-9,12-13H2,1H3,(H,22,23)/b7-6+/t15-/m0/s1. The van der Waals surface area contributed by atoms with Gasteiger partial charge in [-0.25, -0.2) is 0 Å². The first-order chi connectivity index (χ1) is 13.7. The summed E-state index contributed by atoms with van der Waals surface area (Å²) in [5.74, 6) is 2.95. The van der Waals surface area contributed by atoms with E-state index in [1.165, 1.54) is 6.08 Å². The number of nitrogens with one attached hydrogen (secondary N) is 1. The van der Waals surface area contributed by atoms with Crippen molar-refractivity contribution in [2.45, 2.75) is 6.10 Å². The minimum atomic E-state index is -0.235. The van der Waals surface area contributed by atoms with Gasteiger partial charge in [-0.1, -0.05) is 12.1 Å². The second-order valence-electron chi connectivity index (χ2n) is 6.32. The molecule has 146 valence electrons. The second-order valence-corrected chi connectivity index (χ2v) is 6.32. The molecule has 2 aliphatic heterocycles. The summed E-state index contributed by atoms with van der Waals surface area (Å²) < 4.78 is 28.0. The van der Waals surface area contributed by atoms with E-state index < -0.39 is 0 Å². The van der Waals surface area contributed by atoms with Gasteiger partial charge in [0.1, 0.15) is 25.9 Å². The van der Waals surface area contributed by atoms with E-state index in [0.717, 1.165) is 11.3 Å². The van der Waals surface area contributed by atoms with Gasteiger partial charge in [-0.05, 0) is 35.9 Å². The SMILES string of the molecule is COc1cc(/C=C/C(=O)NC[C@H]2COc3ccccc3O2)cc2c1OCCO2. The molecular formula is C21H21NO6. The summed E-state index contributed by atoms with van der Waals surface area (Å²) in [6.07, 6.45) is 2.92. The Kier molecular flexibility index (Phi) is 5.23. The van der Waals surface area contributed by atoms with Crippen molar-refractivity contribution in [2.75, 3.05) is 33.5 Å². The fourth-order valence-corrected chi connectivity index (χ4v) is 3.00. The number of carbonyl (C=O) groups excluding carboxylic acids is 1. The quantitative estimate of drug-likeness (QED) is 0.800. The van der Waals surface area contributed by atoms with E-state index in [0.29, 0.717) is 49.4 Å². The van der Waals surface area contributed by atoms with Gasteiger partial charge in [0.05, 0.1) is 13.7 Å². The molecule has 0 bridgehead atoms. The number of para-hydroxylation sites is 2.